The summed E-state index contributed by atoms with van der Waals surface area (Å²) in [5.41, 5.74) is 1.32. The lowest BCUT2D eigenvalue weighted by Crippen LogP contribution is -2.28. The lowest BCUT2D eigenvalue weighted by molar-refractivity contribution is -0.274. The average molecular weight is 378 g/mol. The topological polar surface area (TPSA) is 58.6 Å². The van der Waals surface area contributed by atoms with Gasteiger partial charge in [-0.3, -0.25) is 9.59 Å². The van der Waals surface area contributed by atoms with Crippen LogP contribution in [0.1, 0.15) is 12.0 Å². The van der Waals surface area contributed by atoms with E-state index in [0.29, 0.717) is 18.8 Å². The second kappa shape index (κ2) is 7.69. The summed E-state index contributed by atoms with van der Waals surface area (Å²) in [7, 11) is 0. The van der Waals surface area contributed by atoms with Crippen LogP contribution in [0.5, 0.6) is 5.75 Å². The van der Waals surface area contributed by atoms with Crippen molar-refractivity contribution in [1.82, 2.24) is 4.90 Å². The molecule has 0 saturated carbocycles. The van der Waals surface area contributed by atoms with E-state index in [1.165, 1.54) is 12.1 Å². The summed E-state index contributed by atoms with van der Waals surface area (Å²) in [6, 6.07) is 14.3. The summed E-state index contributed by atoms with van der Waals surface area (Å²) in [6.07, 6.45) is -4.66. The molecular weight excluding hydrogens is 361 g/mol. The molecule has 0 bridgehead atoms. The van der Waals surface area contributed by atoms with Gasteiger partial charge in [-0.2, -0.15) is 0 Å². The Morgan fingerprint density at radius 1 is 1.11 bits per heavy atom. The molecule has 5 nitrogen and oxygen atoms in total. The number of amides is 2. The van der Waals surface area contributed by atoms with Gasteiger partial charge in [-0.1, -0.05) is 30.3 Å². The van der Waals surface area contributed by atoms with Crippen LogP contribution in [0.4, 0.5) is 18.9 Å². The van der Waals surface area contributed by atoms with Crippen molar-refractivity contribution in [1.29, 1.82) is 0 Å². The highest BCUT2D eigenvalue weighted by molar-refractivity contribution is 5.97. The first-order chi connectivity index (χ1) is 12.8. The van der Waals surface area contributed by atoms with E-state index in [2.05, 4.69) is 10.1 Å². The summed E-state index contributed by atoms with van der Waals surface area (Å²) in [4.78, 5) is 26.1. The number of anilines is 1. The quantitative estimate of drug-likeness (QED) is 0.865. The molecule has 1 heterocycles. The van der Waals surface area contributed by atoms with Gasteiger partial charge in [-0.05, 0) is 29.8 Å². The lowest BCUT2D eigenvalue weighted by Gasteiger charge is -2.16. The van der Waals surface area contributed by atoms with Crippen LogP contribution in [0.3, 0.4) is 0 Å². The number of nitrogens with zero attached hydrogens (tertiary/aromatic N) is 1. The number of halogens is 3. The molecule has 0 spiro atoms. The second-order valence-corrected chi connectivity index (χ2v) is 6.22. The first kappa shape index (κ1) is 18.8. The minimum Gasteiger partial charge on any atom is -0.406 e. The van der Waals surface area contributed by atoms with E-state index in [1.54, 1.807) is 4.90 Å². The molecule has 1 N–H and O–H groups in total. The van der Waals surface area contributed by atoms with E-state index in [9.17, 15) is 22.8 Å². The number of carbonyl (C=O) groups excluding carboxylic acids is 2. The molecule has 3 rings (SSSR count). The Hall–Kier alpha value is -3.03. The van der Waals surface area contributed by atoms with E-state index in [1.807, 2.05) is 30.3 Å². The third-order valence-corrected chi connectivity index (χ3v) is 4.16. The Labute approximate surface area is 153 Å². The molecule has 1 saturated heterocycles. The van der Waals surface area contributed by atoms with Crippen LogP contribution in [0.15, 0.2) is 54.6 Å². The smallest absolute Gasteiger partial charge is 0.406 e. The van der Waals surface area contributed by atoms with Crippen molar-refractivity contribution in [2.75, 3.05) is 11.9 Å². The van der Waals surface area contributed by atoms with Crippen LogP contribution in [-0.2, 0) is 16.1 Å². The van der Waals surface area contributed by atoms with Crippen LogP contribution in [-0.4, -0.2) is 29.6 Å². The van der Waals surface area contributed by atoms with Crippen LogP contribution >= 0.6 is 0 Å². The standard InChI is InChI=1S/C19H17F3N2O3/c20-19(21,22)27-16-8-6-15(7-9-16)23-18(26)14-10-17(25)24(12-14)11-13-4-2-1-3-5-13/h1-9,14H,10-12H2,(H,23,26)/t14-/m1/s1. The van der Waals surface area contributed by atoms with Gasteiger partial charge >= 0.3 is 6.36 Å². The van der Waals surface area contributed by atoms with E-state index >= 15 is 0 Å². The van der Waals surface area contributed by atoms with Crippen LogP contribution < -0.4 is 10.1 Å². The van der Waals surface area contributed by atoms with Gasteiger partial charge in [-0.15, -0.1) is 13.2 Å². The van der Waals surface area contributed by atoms with Crippen molar-refractivity contribution in [3.05, 3.63) is 60.2 Å². The van der Waals surface area contributed by atoms with Gasteiger partial charge in [0, 0.05) is 25.2 Å². The van der Waals surface area contributed by atoms with Gasteiger partial charge in [0.05, 0.1) is 5.92 Å². The largest absolute Gasteiger partial charge is 0.573 e. The maximum atomic E-state index is 12.4. The van der Waals surface area contributed by atoms with E-state index < -0.39 is 12.3 Å². The van der Waals surface area contributed by atoms with Crippen molar-refractivity contribution >= 4 is 17.5 Å². The van der Waals surface area contributed by atoms with Crippen LogP contribution in [0.2, 0.25) is 0 Å². The molecule has 8 heteroatoms. The first-order valence-corrected chi connectivity index (χ1v) is 8.28. The molecular formula is C19H17F3N2O3. The molecule has 1 fully saturated rings. The van der Waals surface area contributed by atoms with Gasteiger partial charge in [0.15, 0.2) is 0 Å². The molecule has 0 aliphatic carbocycles. The molecule has 1 atom stereocenters. The number of likely N-dealkylation sites (tertiary alicyclic amines) is 1. The predicted molar refractivity (Wildman–Crippen MR) is 91.7 cm³/mol. The monoisotopic (exact) mass is 378 g/mol. The lowest BCUT2D eigenvalue weighted by atomic mass is 10.1. The minimum absolute atomic E-state index is 0.104. The van der Waals surface area contributed by atoms with E-state index in [-0.39, 0.29) is 24.0 Å². The number of benzene rings is 2. The van der Waals surface area contributed by atoms with Crippen LogP contribution in [0.25, 0.3) is 0 Å². The highest BCUT2D eigenvalue weighted by Gasteiger charge is 2.34. The molecule has 2 aromatic rings. The molecule has 1 aliphatic rings. The van der Waals surface area contributed by atoms with E-state index in [4.69, 9.17) is 0 Å². The highest BCUT2D eigenvalue weighted by atomic mass is 19.4. The van der Waals surface area contributed by atoms with Crippen molar-refractivity contribution in [2.24, 2.45) is 5.92 Å². The Balaban J connectivity index is 1.56. The van der Waals surface area contributed by atoms with Gasteiger partial charge in [0.1, 0.15) is 5.75 Å². The zero-order valence-corrected chi connectivity index (χ0v) is 14.2. The summed E-state index contributed by atoms with van der Waals surface area (Å²) >= 11 is 0. The third kappa shape index (κ3) is 5.22. The SMILES string of the molecule is O=C(Nc1ccc(OC(F)(F)F)cc1)[C@@H]1CC(=O)N(Cc2ccccc2)C1. The zero-order chi connectivity index (χ0) is 19.4. The summed E-state index contributed by atoms with van der Waals surface area (Å²) < 4.78 is 40.3. The molecule has 2 amide bonds. The highest BCUT2D eigenvalue weighted by Crippen LogP contribution is 2.25. The molecule has 0 radical (unpaired) electrons. The fraction of sp³-hybridized carbons (Fsp3) is 0.263. The maximum Gasteiger partial charge on any atom is 0.573 e. The number of carbonyl (C=O) groups is 2. The Bertz CT molecular complexity index is 807. The van der Waals surface area contributed by atoms with Crippen molar-refractivity contribution < 1.29 is 27.5 Å². The number of nitrogens with one attached hydrogen (secondary N) is 1. The molecule has 2 aromatic carbocycles. The Morgan fingerprint density at radius 2 is 1.78 bits per heavy atom. The second-order valence-electron chi connectivity index (χ2n) is 6.22. The predicted octanol–water partition coefficient (Wildman–Crippen LogP) is 3.57. The Kier molecular flexibility index (Phi) is 5.34. The van der Waals surface area contributed by atoms with Crippen molar-refractivity contribution in [3.63, 3.8) is 0 Å². The number of rotatable bonds is 5. The molecule has 0 unspecified atom stereocenters. The molecule has 1 aliphatic heterocycles. The van der Waals surface area contributed by atoms with Crippen molar-refractivity contribution in [2.45, 2.75) is 19.3 Å². The Morgan fingerprint density at radius 3 is 2.41 bits per heavy atom. The average Bonchev–Trinajstić information content (AvgIpc) is 2.97. The van der Waals surface area contributed by atoms with Crippen molar-refractivity contribution in [3.8, 4) is 5.75 Å². The first-order valence-electron chi connectivity index (χ1n) is 8.28. The number of ether oxygens (including phenoxy) is 1. The number of hydrogen-bond acceptors (Lipinski definition) is 3. The van der Waals surface area contributed by atoms with Gasteiger partial charge in [0.2, 0.25) is 11.8 Å². The minimum atomic E-state index is -4.77. The van der Waals surface area contributed by atoms with E-state index in [0.717, 1.165) is 17.7 Å². The number of alkyl halides is 3. The van der Waals surface area contributed by atoms with Gasteiger partial charge in [0.25, 0.3) is 0 Å². The zero-order valence-electron chi connectivity index (χ0n) is 14.2. The normalized spacial score (nSPS) is 17.1. The van der Waals surface area contributed by atoms with Gasteiger partial charge in [-0.25, -0.2) is 0 Å². The fourth-order valence-electron chi connectivity index (χ4n) is 2.89. The van der Waals surface area contributed by atoms with Crippen LogP contribution in [0, 0.1) is 5.92 Å². The maximum absolute atomic E-state index is 12.4. The third-order valence-electron chi connectivity index (χ3n) is 4.16. The molecule has 142 valence electrons. The summed E-state index contributed by atoms with van der Waals surface area (Å²) in [5.74, 6) is -1.32. The van der Waals surface area contributed by atoms with Gasteiger partial charge < -0.3 is 15.0 Å². The summed E-state index contributed by atoms with van der Waals surface area (Å²) in [6.45, 7) is 0.738. The summed E-state index contributed by atoms with van der Waals surface area (Å²) in [5, 5.41) is 2.62. The molecule has 27 heavy (non-hydrogen) atoms. The fourth-order valence-corrected chi connectivity index (χ4v) is 2.89. The number of hydrogen-bond donors (Lipinski definition) is 1. The molecule has 0 aromatic heterocycles.